The van der Waals surface area contributed by atoms with E-state index in [0.29, 0.717) is 22.5 Å². The molecular weight excluding hydrogens is 362 g/mol. The Morgan fingerprint density at radius 3 is 2.39 bits per heavy atom. The summed E-state index contributed by atoms with van der Waals surface area (Å²) in [5.74, 6) is -1.80. The Labute approximate surface area is 162 Å². The predicted molar refractivity (Wildman–Crippen MR) is 101 cm³/mol. The highest BCUT2D eigenvalue weighted by atomic mass is 16.5. The van der Waals surface area contributed by atoms with E-state index in [2.05, 4.69) is 10.3 Å². The molecule has 0 aliphatic heterocycles. The highest BCUT2D eigenvalue weighted by molar-refractivity contribution is 6.00. The number of amides is 1. The van der Waals surface area contributed by atoms with E-state index < -0.39 is 23.9 Å². The number of H-pyrrole nitrogens is 1. The Bertz CT molecular complexity index is 938. The van der Waals surface area contributed by atoms with E-state index in [-0.39, 0.29) is 17.9 Å². The van der Waals surface area contributed by atoms with Crippen LogP contribution in [0.15, 0.2) is 24.3 Å². The van der Waals surface area contributed by atoms with Gasteiger partial charge in [0.05, 0.1) is 23.8 Å². The van der Waals surface area contributed by atoms with Crippen LogP contribution < -0.4 is 5.32 Å². The maximum atomic E-state index is 12.4. The van der Waals surface area contributed by atoms with Crippen molar-refractivity contribution in [2.75, 3.05) is 11.9 Å². The quantitative estimate of drug-likeness (QED) is 0.740. The molecule has 1 amide bonds. The van der Waals surface area contributed by atoms with E-state index in [9.17, 15) is 14.4 Å². The molecule has 0 spiro atoms. The summed E-state index contributed by atoms with van der Waals surface area (Å²) in [5.41, 5.74) is 2.20. The van der Waals surface area contributed by atoms with Crippen LogP contribution in [-0.2, 0) is 14.3 Å². The molecule has 0 aliphatic carbocycles. The van der Waals surface area contributed by atoms with Crippen molar-refractivity contribution in [3.63, 3.8) is 0 Å². The largest absolute Gasteiger partial charge is 0.462 e. The van der Waals surface area contributed by atoms with Gasteiger partial charge in [0.2, 0.25) is 0 Å². The smallest absolute Gasteiger partial charge is 0.355 e. The minimum Gasteiger partial charge on any atom is -0.462 e. The van der Waals surface area contributed by atoms with Crippen molar-refractivity contribution < 1.29 is 23.9 Å². The van der Waals surface area contributed by atoms with Crippen LogP contribution in [0, 0.1) is 25.2 Å². The van der Waals surface area contributed by atoms with Gasteiger partial charge in [-0.05, 0) is 57.5 Å². The van der Waals surface area contributed by atoms with Crippen LogP contribution in [0.3, 0.4) is 0 Å². The lowest BCUT2D eigenvalue weighted by molar-refractivity contribution is -0.123. The summed E-state index contributed by atoms with van der Waals surface area (Å²) in [6.45, 7) is 6.60. The van der Waals surface area contributed by atoms with Gasteiger partial charge in [-0.2, -0.15) is 5.26 Å². The Kier molecular flexibility index (Phi) is 6.55. The Balaban J connectivity index is 2.07. The van der Waals surface area contributed by atoms with Gasteiger partial charge < -0.3 is 19.8 Å². The molecule has 0 radical (unpaired) electrons. The van der Waals surface area contributed by atoms with Crippen molar-refractivity contribution in [2.45, 2.75) is 33.8 Å². The second kappa shape index (κ2) is 8.86. The van der Waals surface area contributed by atoms with Crippen LogP contribution in [0.5, 0.6) is 0 Å². The van der Waals surface area contributed by atoms with Gasteiger partial charge in [0.25, 0.3) is 5.91 Å². The molecule has 1 aromatic carbocycles. The highest BCUT2D eigenvalue weighted by Gasteiger charge is 2.26. The fourth-order valence-corrected chi connectivity index (χ4v) is 2.61. The minimum absolute atomic E-state index is 0.0959. The number of esters is 2. The molecule has 2 N–H and O–H groups in total. The van der Waals surface area contributed by atoms with Crippen LogP contribution >= 0.6 is 0 Å². The van der Waals surface area contributed by atoms with Crippen molar-refractivity contribution in [2.24, 2.45) is 0 Å². The summed E-state index contributed by atoms with van der Waals surface area (Å²) < 4.78 is 10.2. The van der Waals surface area contributed by atoms with E-state index in [4.69, 9.17) is 14.7 Å². The molecule has 0 aliphatic rings. The first kappa shape index (κ1) is 20.7. The molecule has 8 nitrogen and oxygen atoms in total. The molecule has 2 aromatic rings. The van der Waals surface area contributed by atoms with Gasteiger partial charge in [-0.15, -0.1) is 0 Å². The van der Waals surface area contributed by atoms with Crippen molar-refractivity contribution in [1.29, 1.82) is 5.26 Å². The number of aromatic nitrogens is 1. The molecule has 0 fully saturated rings. The van der Waals surface area contributed by atoms with Crippen molar-refractivity contribution in [3.05, 3.63) is 52.3 Å². The minimum atomic E-state index is -1.07. The number of carbonyl (C=O) groups excluding carboxylic acids is 3. The summed E-state index contributed by atoms with van der Waals surface area (Å²) in [6, 6.07) is 8.27. The lowest BCUT2D eigenvalue weighted by Gasteiger charge is -2.13. The van der Waals surface area contributed by atoms with E-state index in [1.54, 1.807) is 45.0 Å². The first-order valence-electron chi connectivity index (χ1n) is 8.66. The molecule has 0 saturated carbocycles. The second-order valence-electron chi connectivity index (χ2n) is 6.07. The number of nitrogens with one attached hydrogen (secondary N) is 2. The standard InChI is InChI=1S/C20H21N3O5/c1-5-27-19(25)16-11(2)17(22-12(16)3)20(26)28-13(4)18(24)23-15-8-6-14(10-21)7-9-15/h6-9,13,22H,5H2,1-4H3,(H,23,24)/t13-/m0/s1. The Morgan fingerprint density at radius 1 is 1.18 bits per heavy atom. The number of benzene rings is 1. The summed E-state index contributed by atoms with van der Waals surface area (Å²) in [6.07, 6.45) is -1.07. The molecule has 1 heterocycles. The van der Waals surface area contributed by atoms with Gasteiger partial charge in [-0.1, -0.05) is 0 Å². The van der Waals surface area contributed by atoms with Gasteiger partial charge in [0.1, 0.15) is 5.69 Å². The van der Waals surface area contributed by atoms with Crippen LogP contribution in [0.25, 0.3) is 0 Å². The average molecular weight is 383 g/mol. The fourth-order valence-electron chi connectivity index (χ4n) is 2.61. The van der Waals surface area contributed by atoms with Gasteiger partial charge >= 0.3 is 11.9 Å². The molecule has 28 heavy (non-hydrogen) atoms. The van der Waals surface area contributed by atoms with Gasteiger partial charge in [-0.3, -0.25) is 4.79 Å². The van der Waals surface area contributed by atoms with Gasteiger partial charge in [-0.25, -0.2) is 9.59 Å². The molecule has 0 unspecified atom stereocenters. The van der Waals surface area contributed by atoms with Crippen LogP contribution in [-0.4, -0.2) is 35.5 Å². The summed E-state index contributed by atoms with van der Waals surface area (Å²) in [4.78, 5) is 39.5. The molecule has 0 bridgehead atoms. The number of rotatable bonds is 6. The molecule has 0 saturated heterocycles. The summed E-state index contributed by atoms with van der Waals surface area (Å²) in [5, 5.41) is 11.4. The van der Waals surface area contributed by atoms with Crippen LogP contribution in [0.2, 0.25) is 0 Å². The summed E-state index contributed by atoms with van der Waals surface area (Å²) >= 11 is 0. The first-order chi connectivity index (χ1) is 13.3. The van der Waals surface area contributed by atoms with E-state index in [0.717, 1.165) is 0 Å². The zero-order valence-corrected chi connectivity index (χ0v) is 16.1. The van der Waals surface area contributed by atoms with Crippen LogP contribution in [0.4, 0.5) is 5.69 Å². The molecule has 1 atom stereocenters. The van der Waals surface area contributed by atoms with E-state index in [1.165, 1.54) is 6.92 Å². The third-order valence-corrected chi connectivity index (χ3v) is 4.06. The van der Waals surface area contributed by atoms with Crippen LogP contribution in [0.1, 0.15) is 51.5 Å². The Hall–Kier alpha value is -3.60. The molecule has 8 heteroatoms. The monoisotopic (exact) mass is 383 g/mol. The maximum absolute atomic E-state index is 12.4. The number of anilines is 1. The Morgan fingerprint density at radius 2 is 1.82 bits per heavy atom. The lowest BCUT2D eigenvalue weighted by atomic mass is 10.1. The SMILES string of the molecule is CCOC(=O)c1c(C)[nH]c(C(=O)O[C@@H](C)C(=O)Nc2ccc(C#N)cc2)c1C. The van der Waals surface area contributed by atoms with Crippen molar-refractivity contribution in [3.8, 4) is 6.07 Å². The zero-order valence-electron chi connectivity index (χ0n) is 16.1. The highest BCUT2D eigenvalue weighted by Crippen LogP contribution is 2.20. The van der Waals surface area contributed by atoms with Gasteiger partial charge in [0, 0.05) is 11.4 Å². The molecule has 2 rings (SSSR count). The van der Waals surface area contributed by atoms with E-state index in [1.807, 2.05) is 6.07 Å². The number of nitrogens with zero attached hydrogens (tertiary/aromatic N) is 1. The third-order valence-electron chi connectivity index (χ3n) is 4.06. The van der Waals surface area contributed by atoms with Crippen molar-refractivity contribution in [1.82, 2.24) is 4.98 Å². The van der Waals surface area contributed by atoms with E-state index >= 15 is 0 Å². The number of ether oxygens (including phenoxy) is 2. The number of hydrogen-bond donors (Lipinski definition) is 2. The molecule has 1 aromatic heterocycles. The molecular formula is C20H21N3O5. The zero-order chi connectivity index (χ0) is 20.8. The number of aromatic amines is 1. The first-order valence-corrected chi connectivity index (χ1v) is 8.66. The van der Waals surface area contributed by atoms with Crippen molar-refractivity contribution >= 4 is 23.5 Å². The number of carbonyl (C=O) groups is 3. The number of aryl methyl sites for hydroxylation is 1. The second-order valence-corrected chi connectivity index (χ2v) is 6.07. The van der Waals surface area contributed by atoms with Gasteiger partial charge in [0.15, 0.2) is 6.10 Å². The number of nitriles is 1. The molecule has 146 valence electrons. The third kappa shape index (κ3) is 4.57. The summed E-state index contributed by atoms with van der Waals surface area (Å²) in [7, 11) is 0. The average Bonchev–Trinajstić information content (AvgIpc) is 2.96. The fraction of sp³-hybridized carbons (Fsp3) is 0.300. The number of hydrogen-bond acceptors (Lipinski definition) is 6. The lowest BCUT2D eigenvalue weighted by Crippen LogP contribution is -2.30. The predicted octanol–water partition coefficient (Wildman–Crippen LogP) is 2.86. The maximum Gasteiger partial charge on any atom is 0.355 e. The normalized spacial score (nSPS) is 11.2. The topological polar surface area (TPSA) is 121 Å².